The molecule has 0 spiro atoms. The Morgan fingerprint density at radius 3 is 2.68 bits per heavy atom. The van der Waals surface area contributed by atoms with Gasteiger partial charge in [-0.25, -0.2) is 4.79 Å². The normalized spacial score (nSPS) is 18.3. The number of aromatic hydroxyl groups is 1. The molecule has 1 unspecified atom stereocenters. The van der Waals surface area contributed by atoms with Crippen molar-refractivity contribution in [3.05, 3.63) is 52.8 Å². The van der Waals surface area contributed by atoms with Crippen LogP contribution in [0.3, 0.4) is 0 Å². The summed E-state index contributed by atoms with van der Waals surface area (Å²) in [6, 6.07) is 4.83. The number of aromatic nitrogens is 1. The summed E-state index contributed by atoms with van der Waals surface area (Å²) < 4.78 is 5.70. The topological polar surface area (TPSA) is 149 Å². The smallest absolute Gasteiger partial charge is 0.526 e. The second-order valence-corrected chi connectivity index (χ2v) is 9.33. The highest BCUT2D eigenvalue weighted by atomic mass is 16.5. The number of imide groups is 1. The molecule has 37 heavy (non-hydrogen) atoms. The number of carbonyl (C=O) groups is 4. The van der Waals surface area contributed by atoms with Crippen LogP contribution in [0.1, 0.15) is 41.8 Å². The number of nitrogens with one attached hydrogen (secondary N) is 1. The first kappa shape index (κ1) is 26.1. The molecule has 3 heterocycles. The monoisotopic (exact) mass is 508 g/mol. The van der Waals surface area contributed by atoms with Crippen molar-refractivity contribution < 1.29 is 34.0 Å². The van der Waals surface area contributed by atoms with E-state index in [0.29, 0.717) is 24.3 Å². The predicted octanol–water partition coefficient (Wildman–Crippen LogP) is 1.29. The molecule has 3 N–H and O–H groups in total. The number of pyridine rings is 1. The first-order valence-corrected chi connectivity index (χ1v) is 12.1. The maximum absolute atomic E-state index is 13.6. The molecular weight excluding hydrogens is 479 g/mol. The van der Waals surface area contributed by atoms with Crippen molar-refractivity contribution in [2.24, 2.45) is 0 Å². The standard InChI is InChI=1S/C25H29BN4O7/c1-4-29-8-9-30(24(34)23(29)33)25(35)28-21(20-15(3)10-18(31)13-27-20)19(32)12-17-11-16-7-5-6-14(2)22(16)37-26(17)36/h5-7,10,13,17,21,31,36H,4,8-9,11-12H2,1-3H3,(H,28,35)/t17-,21?/m1/s1. The summed E-state index contributed by atoms with van der Waals surface area (Å²) in [4.78, 5) is 57.8. The van der Waals surface area contributed by atoms with Gasteiger partial charge in [-0.05, 0) is 49.9 Å². The zero-order chi connectivity index (χ0) is 26.9. The lowest BCUT2D eigenvalue weighted by atomic mass is 9.64. The molecule has 2 aromatic rings. The van der Waals surface area contributed by atoms with Crippen molar-refractivity contribution in [3.8, 4) is 11.5 Å². The Kier molecular flexibility index (Phi) is 7.49. The summed E-state index contributed by atoms with van der Waals surface area (Å²) in [6.07, 6.45) is 1.39. The predicted molar refractivity (Wildman–Crippen MR) is 133 cm³/mol. The van der Waals surface area contributed by atoms with E-state index in [-0.39, 0.29) is 31.0 Å². The molecule has 0 saturated carbocycles. The number of hydrogen-bond donors (Lipinski definition) is 3. The Balaban J connectivity index is 1.57. The quantitative estimate of drug-likeness (QED) is 0.391. The van der Waals surface area contributed by atoms with E-state index in [2.05, 4.69) is 10.3 Å². The molecule has 1 fully saturated rings. The second-order valence-electron chi connectivity index (χ2n) is 9.33. The van der Waals surface area contributed by atoms with E-state index in [4.69, 9.17) is 4.65 Å². The molecule has 0 aliphatic carbocycles. The van der Waals surface area contributed by atoms with Crippen molar-refractivity contribution in [1.82, 2.24) is 20.1 Å². The van der Waals surface area contributed by atoms with Crippen molar-refractivity contribution >= 4 is 30.7 Å². The van der Waals surface area contributed by atoms with Crippen LogP contribution in [0.4, 0.5) is 4.79 Å². The van der Waals surface area contributed by atoms with Gasteiger partial charge in [0.05, 0.1) is 11.9 Å². The molecule has 1 saturated heterocycles. The van der Waals surface area contributed by atoms with E-state index in [1.54, 1.807) is 13.8 Å². The number of amides is 4. The molecule has 0 radical (unpaired) electrons. The van der Waals surface area contributed by atoms with Crippen LogP contribution in [-0.2, 0) is 20.8 Å². The molecule has 1 aromatic heterocycles. The number of fused-ring (bicyclic) bond motifs is 1. The van der Waals surface area contributed by atoms with E-state index in [0.717, 1.165) is 22.2 Å². The Labute approximate surface area is 214 Å². The van der Waals surface area contributed by atoms with Gasteiger partial charge in [0.15, 0.2) is 5.78 Å². The number of nitrogens with zero attached hydrogens (tertiary/aromatic N) is 3. The third-order valence-corrected chi connectivity index (χ3v) is 6.78. The Morgan fingerprint density at radius 2 is 1.97 bits per heavy atom. The van der Waals surface area contributed by atoms with Gasteiger partial charge in [0.1, 0.15) is 17.5 Å². The first-order chi connectivity index (χ1) is 17.6. The lowest BCUT2D eigenvalue weighted by Crippen LogP contribution is -2.58. The van der Waals surface area contributed by atoms with E-state index in [1.807, 2.05) is 25.1 Å². The third kappa shape index (κ3) is 5.29. The number of likely N-dealkylation sites (N-methyl/N-ethyl adjacent to an activating group) is 1. The van der Waals surface area contributed by atoms with Gasteiger partial charge in [0.25, 0.3) is 0 Å². The number of hydrogen-bond acceptors (Lipinski definition) is 8. The number of carbonyl (C=O) groups excluding carboxylic acids is 4. The Morgan fingerprint density at radius 1 is 1.22 bits per heavy atom. The highest BCUT2D eigenvalue weighted by Crippen LogP contribution is 2.37. The summed E-state index contributed by atoms with van der Waals surface area (Å²) in [5, 5.41) is 23.0. The van der Waals surface area contributed by atoms with Gasteiger partial charge in [-0.3, -0.25) is 24.3 Å². The molecule has 2 atom stereocenters. The number of piperazine rings is 1. The van der Waals surface area contributed by atoms with Gasteiger partial charge in [0.2, 0.25) is 0 Å². The summed E-state index contributed by atoms with van der Waals surface area (Å²) >= 11 is 0. The number of benzene rings is 1. The number of rotatable bonds is 6. The van der Waals surface area contributed by atoms with Crippen LogP contribution in [0, 0.1) is 13.8 Å². The minimum atomic E-state index is -1.29. The molecule has 4 amide bonds. The summed E-state index contributed by atoms with van der Waals surface area (Å²) in [5.41, 5.74) is 2.36. The fraction of sp³-hybridized carbons (Fsp3) is 0.400. The lowest BCUT2D eigenvalue weighted by molar-refractivity contribution is -0.153. The van der Waals surface area contributed by atoms with Gasteiger partial charge in [-0.2, -0.15) is 0 Å². The fourth-order valence-corrected chi connectivity index (χ4v) is 4.74. The maximum Gasteiger partial charge on any atom is 0.526 e. The lowest BCUT2D eigenvalue weighted by Gasteiger charge is -2.33. The summed E-state index contributed by atoms with van der Waals surface area (Å²) in [5.74, 6) is -2.34. The fourth-order valence-electron chi connectivity index (χ4n) is 4.74. The van der Waals surface area contributed by atoms with Crippen LogP contribution in [0.2, 0.25) is 5.82 Å². The molecular formula is C25H29BN4O7. The van der Waals surface area contributed by atoms with Crippen LogP contribution in [0.25, 0.3) is 0 Å². The number of ketones is 1. The van der Waals surface area contributed by atoms with E-state index in [1.165, 1.54) is 11.0 Å². The number of Topliss-reactive ketones (excluding diaryl/α,β-unsaturated/α-hetero) is 1. The van der Waals surface area contributed by atoms with Crippen molar-refractivity contribution in [2.75, 3.05) is 19.6 Å². The van der Waals surface area contributed by atoms with Gasteiger partial charge >= 0.3 is 25.0 Å². The van der Waals surface area contributed by atoms with Crippen LogP contribution in [0.15, 0.2) is 30.5 Å². The van der Waals surface area contributed by atoms with E-state index >= 15 is 0 Å². The highest BCUT2D eigenvalue weighted by Gasteiger charge is 2.41. The third-order valence-electron chi connectivity index (χ3n) is 6.78. The number of aryl methyl sites for hydroxylation is 2. The maximum atomic E-state index is 13.6. The SMILES string of the molecule is CCN1CCN(C(=O)NC(C(=O)C[C@H]2Cc3cccc(C)c3OB2O)c2ncc(O)cc2C)C(=O)C1=O. The molecule has 2 aliphatic heterocycles. The average molecular weight is 508 g/mol. The zero-order valence-corrected chi connectivity index (χ0v) is 20.9. The molecule has 12 heteroatoms. The average Bonchev–Trinajstić information content (AvgIpc) is 2.85. The first-order valence-electron chi connectivity index (χ1n) is 12.1. The van der Waals surface area contributed by atoms with Crippen molar-refractivity contribution in [3.63, 3.8) is 0 Å². The summed E-state index contributed by atoms with van der Waals surface area (Å²) in [7, 11) is -1.23. The van der Waals surface area contributed by atoms with Crippen molar-refractivity contribution in [2.45, 2.75) is 45.5 Å². The van der Waals surface area contributed by atoms with Gasteiger partial charge < -0.3 is 25.0 Å². The van der Waals surface area contributed by atoms with Crippen molar-refractivity contribution in [1.29, 1.82) is 0 Å². The second kappa shape index (κ2) is 10.6. The van der Waals surface area contributed by atoms with Crippen LogP contribution in [-0.4, -0.2) is 75.3 Å². The van der Waals surface area contributed by atoms with E-state index in [9.17, 15) is 29.3 Å². The van der Waals surface area contributed by atoms with Crippen LogP contribution < -0.4 is 9.97 Å². The largest absolute Gasteiger partial charge is 0.536 e. The molecule has 4 rings (SSSR count). The molecule has 11 nitrogen and oxygen atoms in total. The molecule has 0 bridgehead atoms. The summed E-state index contributed by atoms with van der Waals surface area (Å²) in [6.45, 7) is 5.74. The molecule has 2 aliphatic rings. The number of para-hydroxylation sites is 1. The molecule has 194 valence electrons. The molecule has 1 aromatic carbocycles. The Bertz CT molecular complexity index is 1250. The Hall–Kier alpha value is -3.93. The van der Waals surface area contributed by atoms with Crippen LogP contribution >= 0.6 is 0 Å². The minimum absolute atomic E-state index is 0.0154. The highest BCUT2D eigenvalue weighted by molar-refractivity contribution is 6.46. The minimum Gasteiger partial charge on any atom is -0.536 e. The van der Waals surface area contributed by atoms with Gasteiger partial charge in [-0.15, -0.1) is 0 Å². The van der Waals surface area contributed by atoms with Gasteiger partial charge in [0, 0.05) is 31.9 Å². The van der Waals surface area contributed by atoms with Crippen LogP contribution in [0.5, 0.6) is 11.5 Å². The zero-order valence-electron chi connectivity index (χ0n) is 20.9. The van der Waals surface area contributed by atoms with E-state index < -0.39 is 42.6 Å². The van der Waals surface area contributed by atoms with Gasteiger partial charge in [-0.1, -0.05) is 18.2 Å². The number of urea groups is 1.